The summed E-state index contributed by atoms with van der Waals surface area (Å²) in [6.45, 7) is 4.38. The normalized spacial score (nSPS) is 10.9. The van der Waals surface area contributed by atoms with Crippen LogP contribution < -0.4 is 0 Å². The van der Waals surface area contributed by atoms with Crippen LogP contribution in [0.1, 0.15) is 19.4 Å². The third-order valence-corrected chi connectivity index (χ3v) is 4.46. The van der Waals surface area contributed by atoms with E-state index in [1.807, 2.05) is 13.8 Å². The Balaban J connectivity index is 0.00000199. The summed E-state index contributed by atoms with van der Waals surface area (Å²) in [5.41, 5.74) is -10.5. The zero-order valence-corrected chi connectivity index (χ0v) is 16.9. The second kappa shape index (κ2) is 9.55. The molecule has 0 radical (unpaired) electrons. The molecule has 0 bridgehead atoms. The van der Waals surface area contributed by atoms with Crippen molar-refractivity contribution >= 4 is 0 Å². The standard InChI is InChI=1S/C19H3F13.C2H6/c1-2-7(20)3(5-10(23)14(27)18(31)15(28)11(5)24)9(22)4(8(2)21)6-12(25)16(29)19(32)17(30)13(6)26;1-2/h1H3;1-2H3. The van der Waals surface area contributed by atoms with E-state index in [-0.39, 0.29) is 0 Å². The smallest absolute Gasteiger partial charge is 0.200 e. The maximum Gasteiger partial charge on any atom is 0.200 e. The molecule has 0 saturated heterocycles. The predicted molar refractivity (Wildman–Crippen MR) is 92.9 cm³/mol. The molecule has 13 heteroatoms. The van der Waals surface area contributed by atoms with E-state index in [4.69, 9.17) is 0 Å². The fourth-order valence-electron chi connectivity index (χ4n) is 2.88. The number of halogens is 13. The molecule has 0 aliphatic carbocycles. The predicted octanol–water partition coefficient (Wildman–Crippen LogP) is 8.16. The molecule has 0 unspecified atom stereocenters. The van der Waals surface area contributed by atoms with Crippen molar-refractivity contribution in [3.8, 4) is 22.3 Å². The average Bonchev–Trinajstić information content (AvgIpc) is 2.83. The van der Waals surface area contributed by atoms with Crippen molar-refractivity contribution in [1.29, 1.82) is 0 Å². The van der Waals surface area contributed by atoms with Gasteiger partial charge in [0, 0.05) is 5.56 Å². The van der Waals surface area contributed by atoms with Gasteiger partial charge in [0.05, 0.1) is 22.3 Å². The Morgan fingerprint density at radius 1 is 0.265 bits per heavy atom. The van der Waals surface area contributed by atoms with Crippen molar-refractivity contribution in [2.75, 3.05) is 0 Å². The Labute approximate surface area is 182 Å². The van der Waals surface area contributed by atoms with Gasteiger partial charge in [-0.25, -0.2) is 57.1 Å². The van der Waals surface area contributed by atoms with Crippen LogP contribution in [0.5, 0.6) is 0 Å². The summed E-state index contributed by atoms with van der Waals surface area (Å²) in [6.07, 6.45) is 0. The fourth-order valence-corrected chi connectivity index (χ4v) is 2.88. The highest BCUT2D eigenvalue weighted by molar-refractivity contribution is 5.78. The van der Waals surface area contributed by atoms with Crippen LogP contribution in [0.4, 0.5) is 57.1 Å². The number of hydrogen-bond acceptors (Lipinski definition) is 0. The highest BCUT2D eigenvalue weighted by Gasteiger charge is 2.36. The Morgan fingerprint density at radius 3 is 0.676 bits per heavy atom. The Morgan fingerprint density at radius 2 is 0.441 bits per heavy atom. The molecule has 0 aromatic heterocycles. The maximum atomic E-state index is 15.0. The lowest BCUT2D eigenvalue weighted by molar-refractivity contribution is 0.379. The minimum Gasteiger partial charge on any atom is -0.206 e. The lowest BCUT2D eigenvalue weighted by Crippen LogP contribution is -2.11. The fraction of sp³-hybridized carbons (Fsp3) is 0.143. The summed E-state index contributed by atoms with van der Waals surface area (Å²) < 4.78 is 181. The van der Waals surface area contributed by atoms with E-state index < -0.39 is 103 Å². The molecule has 3 rings (SSSR count). The monoisotopic (exact) mass is 508 g/mol. The quantitative estimate of drug-likeness (QED) is 0.186. The minimum absolute atomic E-state index is 0.384. The van der Waals surface area contributed by atoms with Gasteiger partial charge in [0.15, 0.2) is 46.5 Å². The van der Waals surface area contributed by atoms with Crippen LogP contribution in [-0.4, -0.2) is 0 Å². The van der Waals surface area contributed by atoms with Crippen molar-refractivity contribution in [2.45, 2.75) is 20.8 Å². The third kappa shape index (κ3) is 3.76. The van der Waals surface area contributed by atoms with E-state index in [2.05, 4.69) is 0 Å². The van der Waals surface area contributed by atoms with Crippen LogP contribution in [-0.2, 0) is 0 Å². The molecule has 3 aromatic carbocycles. The molecule has 0 N–H and O–H groups in total. The van der Waals surface area contributed by atoms with E-state index in [1.165, 1.54) is 0 Å². The second-order valence-corrected chi connectivity index (χ2v) is 6.21. The van der Waals surface area contributed by atoms with E-state index >= 15 is 0 Å². The summed E-state index contributed by atoms with van der Waals surface area (Å²) >= 11 is 0. The number of benzene rings is 3. The van der Waals surface area contributed by atoms with Crippen LogP contribution in [0.2, 0.25) is 0 Å². The molecule has 0 aliphatic heterocycles. The van der Waals surface area contributed by atoms with E-state index in [0.29, 0.717) is 6.92 Å². The van der Waals surface area contributed by atoms with Crippen LogP contribution >= 0.6 is 0 Å². The third-order valence-electron chi connectivity index (χ3n) is 4.46. The minimum atomic E-state index is -2.77. The molecule has 3 aromatic rings. The van der Waals surface area contributed by atoms with Crippen molar-refractivity contribution in [2.24, 2.45) is 0 Å². The van der Waals surface area contributed by atoms with Crippen LogP contribution in [0.25, 0.3) is 22.3 Å². The van der Waals surface area contributed by atoms with Gasteiger partial charge < -0.3 is 0 Å². The summed E-state index contributed by atoms with van der Waals surface area (Å²) in [4.78, 5) is 0. The highest BCUT2D eigenvalue weighted by Crippen LogP contribution is 2.43. The van der Waals surface area contributed by atoms with E-state index in [0.717, 1.165) is 0 Å². The Bertz CT molecular complexity index is 1160. The highest BCUT2D eigenvalue weighted by atomic mass is 19.2. The first-order valence-electron chi connectivity index (χ1n) is 8.96. The molecule has 0 amide bonds. The first-order valence-corrected chi connectivity index (χ1v) is 8.96. The van der Waals surface area contributed by atoms with Gasteiger partial charge in [-0.2, -0.15) is 0 Å². The summed E-state index contributed by atoms with van der Waals surface area (Å²) in [7, 11) is 0. The van der Waals surface area contributed by atoms with Gasteiger partial charge >= 0.3 is 0 Å². The average molecular weight is 508 g/mol. The van der Waals surface area contributed by atoms with Gasteiger partial charge in [0.25, 0.3) is 0 Å². The van der Waals surface area contributed by atoms with Crippen molar-refractivity contribution in [3.05, 3.63) is 81.2 Å². The van der Waals surface area contributed by atoms with Gasteiger partial charge in [-0.3, -0.25) is 0 Å². The van der Waals surface area contributed by atoms with Crippen LogP contribution in [0, 0.1) is 82.5 Å². The van der Waals surface area contributed by atoms with Crippen molar-refractivity contribution in [1.82, 2.24) is 0 Å². The van der Waals surface area contributed by atoms with Gasteiger partial charge in [-0.1, -0.05) is 13.8 Å². The van der Waals surface area contributed by atoms with E-state index in [9.17, 15) is 57.1 Å². The molecule has 34 heavy (non-hydrogen) atoms. The SMILES string of the molecule is CC.Cc1c(F)c(-c2c(F)c(F)c(F)c(F)c2F)c(F)c(-c2c(F)c(F)c(F)c(F)c2F)c1F. The molecule has 0 fully saturated rings. The zero-order chi connectivity index (χ0) is 26.4. The Hall–Kier alpha value is -3.25. The second-order valence-electron chi connectivity index (χ2n) is 6.21. The van der Waals surface area contributed by atoms with E-state index in [1.54, 1.807) is 0 Å². The molecule has 0 saturated carbocycles. The summed E-state index contributed by atoms with van der Waals surface area (Å²) in [5, 5.41) is 0. The maximum absolute atomic E-state index is 15.0. The largest absolute Gasteiger partial charge is 0.206 e. The van der Waals surface area contributed by atoms with Gasteiger partial charge in [0.2, 0.25) is 11.6 Å². The molecule has 0 heterocycles. The van der Waals surface area contributed by atoms with Gasteiger partial charge in [-0.05, 0) is 6.92 Å². The van der Waals surface area contributed by atoms with Gasteiger partial charge in [0.1, 0.15) is 17.5 Å². The van der Waals surface area contributed by atoms with Crippen molar-refractivity contribution < 1.29 is 57.1 Å². The lowest BCUT2D eigenvalue weighted by Gasteiger charge is -2.17. The van der Waals surface area contributed by atoms with Gasteiger partial charge in [-0.15, -0.1) is 0 Å². The molecular weight excluding hydrogens is 499 g/mol. The lowest BCUT2D eigenvalue weighted by atomic mass is 9.92. The number of hydrogen-bond donors (Lipinski definition) is 0. The molecule has 184 valence electrons. The topological polar surface area (TPSA) is 0 Å². The summed E-state index contributed by atoms with van der Waals surface area (Å²) in [5.74, 6) is -34.7. The zero-order valence-electron chi connectivity index (χ0n) is 16.9. The van der Waals surface area contributed by atoms with Crippen molar-refractivity contribution in [3.63, 3.8) is 0 Å². The molecular formula is C21H9F13. The summed E-state index contributed by atoms with van der Waals surface area (Å²) in [6, 6.07) is 0. The molecule has 0 spiro atoms. The molecule has 0 aliphatic rings. The van der Waals surface area contributed by atoms with Crippen LogP contribution in [0.3, 0.4) is 0 Å². The number of rotatable bonds is 2. The first-order chi connectivity index (χ1) is 15.7. The molecule has 0 atom stereocenters. The first kappa shape index (κ1) is 27.0. The van der Waals surface area contributed by atoms with Crippen LogP contribution in [0.15, 0.2) is 0 Å². The Kier molecular flexibility index (Phi) is 7.58. The molecule has 0 nitrogen and oxygen atoms in total.